The second kappa shape index (κ2) is 9.38. The molecule has 0 bridgehead atoms. The van der Waals surface area contributed by atoms with Crippen LogP contribution in [0.1, 0.15) is 72.2 Å². The van der Waals surface area contributed by atoms with Gasteiger partial charge in [-0.3, -0.25) is 4.79 Å². The van der Waals surface area contributed by atoms with E-state index in [1.165, 1.54) is 23.2 Å². The number of carbonyl (C=O) groups is 2. The monoisotopic (exact) mass is 375 g/mol. The second-order valence-corrected chi connectivity index (χ2v) is 7.39. The summed E-state index contributed by atoms with van der Waals surface area (Å²) in [6.07, 6.45) is 5.59. The average molecular weight is 375 g/mol. The molecule has 1 N–H and O–H groups in total. The van der Waals surface area contributed by atoms with Gasteiger partial charge in [0.05, 0.1) is 18.4 Å². The van der Waals surface area contributed by atoms with Gasteiger partial charge >= 0.3 is 5.97 Å². The quantitative estimate of drug-likeness (QED) is 0.480. The van der Waals surface area contributed by atoms with Gasteiger partial charge in [0.25, 0.3) is 5.91 Å². The molecule has 2 aromatic rings. The average Bonchev–Trinajstić information content (AvgIpc) is 3.24. The molecule has 0 saturated heterocycles. The lowest BCUT2D eigenvalue weighted by molar-refractivity contribution is 0.0528. The van der Waals surface area contributed by atoms with E-state index in [0.29, 0.717) is 10.6 Å². The highest BCUT2D eigenvalue weighted by molar-refractivity contribution is 7.16. The van der Waals surface area contributed by atoms with Crippen molar-refractivity contribution in [1.29, 1.82) is 0 Å². The summed E-state index contributed by atoms with van der Waals surface area (Å²) in [5.74, 6) is -0.336. The number of hydrogen-bond acceptors (Lipinski definition) is 5. The molecule has 0 aromatic carbocycles. The molecule has 2 rings (SSSR count). The number of thiophene rings is 1. The van der Waals surface area contributed by atoms with Crippen molar-refractivity contribution >= 4 is 28.2 Å². The molecule has 1 amide bonds. The van der Waals surface area contributed by atoms with Gasteiger partial charge in [0.1, 0.15) is 5.00 Å². The topological polar surface area (TPSA) is 68.5 Å². The third kappa shape index (κ3) is 5.33. The van der Waals surface area contributed by atoms with Gasteiger partial charge in [-0.15, -0.1) is 11.3 Å². The smallest absolute Gasteiger partial charge is 0.341 e. The van der Waals surface area contributed by atoms with Gasteiger partial charge in [-0.05, 0) is 57.7 Å². The number of ether oxygens (including phenoxy) is 1. The van der Waals surface area contributed by atoms with Gasteiger partial charge in [0.15, 0.2) is 5.76 Å². The third-order valence-corrected chi connectivity index (χ3v) is 5.14. The van der Waals surface area contributed by atoms with Gasteiger partial charge in [-0.2, -0.15) is 0 Å². The third-order valence-electron chi connectivity index (χ3n) is 3.86. The van der Waals surface area contributed by atoms with Crippen molar-refractivity contribution in [2.75, 3.05) is 11.9 Å². The summed E-state index contributed by atoms with van der Waals surface area (Å²) < 4.78 is 10.2. The van der Waals surface area contributed by atoms with Crippen LogP contribution in [-0.4, -0.2) is 18.5 Å². The van der Waals surface area contributed by atoms with E-state index in [0.717, 1.165) is 17.7 Å². The lowest BCUT2D eigenvalue weighted by Gasteiger charge is -2.07. The molecule has 0 spiro atoms. The highest BCUT2D eigenvalue weighted by Crippen LogP contribution is 2.35. The number of anilines is 1. The molecule has 0 aliphatic heterocycles. The van der Waals surface area contributed by atoms with Crippen LogP contribution in [0, 0.1) is 0 Å². The summed E-state index contributed by atoms with van der Waals surface area (Å²) >= 11 is 1.41. The number of furan rings is 1. The molecule has 26 heavy (non-hydrogen) atoms. The molecule has 2 aromatic heterocycles. The van der Waals surface area contributed by atoms with Gasteiger partial charge in [0, 0.05) is 4.88 Å². The lowest BCUT2D eigenvalue weighted by atomic mass is 10.0. The van der Waals surface area contributed by atoms with Crippen molar-refractivity contribution in [3.8, 4) is 0 Å². The molecule has 0 fully saturated rings. The fourth-order valence-electron chi connectivity index (χ4n) is 2.44. The minimum Gasteiger partial charge on any atom is -0.462 e. The van der Waals surface area contributed by atoms with Crippen molar-refractivity contribution in [3.05, 3.63) is 52.3 Å². The Hall–Kier alpha value is -2.34. The van der Waals surface area contributed by atoms with Gasteiger partial charge in [-0.25, -0.2) is 4.79 Å². The van der Waals surface area contributed by atoms with E-state index in [2.05, 4.69) is 32.2 Å². The van der Waals surface area contributed by atoms with Crippen LogP contribution in [0.25, 0.3) is 0 Å². The molecule has 0 saturated carbocycles. The Bertz CT molecular complexity index is 770. The minimum atomic E-state index is -0.429. The Morgan fingerprint density at radius 2 is 2.15 bits per heavy atom. The van der Waals surface area contributed by atoms with Crippen LogP contribution in [-0.2, 0) is 4.74 Å². The summed E-state index contributed by atoms with van der Waals surface area (Å²) in [5.41, 5.74) is 1.68. The van der Waals surface area contributed by atoms with Crippen molar-refractivity contribution in [2.45, 2.75) is 46.5 Å². The maximum Gasteiger partial charge on any atom is 0.341 e. The molecule has 0 aliphatic carbocycles. The standard InChI is InChI=1S/C20H25NO4S/c1-5-24-20(23)15-12-17(14(4)9-6-8-13(2)3)26-19(15)21-18(22)16-10-7-11-25-16/h7-8,10-12,14H,5-6,9H2,1-4H3,(H,21,22)/t14-/m0/s1. The van der Waals surface area contributed by atoms with Crippen LogP contribution in [0.15, 0.2) is 40.5 Å². The zero-order chi connectivity index (χ0) is 19.1. The minimum absolute atomic E-state index is 0.200. The number of rotatable bonds is 8. The van der Waals surface area contributed by atoms with E-state index in [4.69, 9.17) is 9.15 Å². The van der Waals surface area contributed by atoms with Crippen LogP contribution in [0.5, 0.6) is 0 Å². The van der Waals surface area contributed by atoms with E-state index in [1.807, 2.05) is 6.07 Å². The van der Waals surface area contributed by atoms with E-state index < -0.39 is 5.97 Å². The lowest BCUT2D eigenvalue weighted by Crippen LogP contribution is -2.13. The Morgan fingerprint density at radius 1 is 1.38 bits per heavy atom. The summed E-state index contributed by atoms with van der Waals surface area (Å²) in [6.45, 7) is 8.33. The molecule has 6 heteroatoms. The zero-order valence-electron chi connectivity index (χ0n) is 15.6. The van der Waals surface area contributed by atoms with Crippen molar-refractivity contribution in [3.63, 3.8) is 0 Å². The fourth-order valence-corrected chi connectivity index (χ4v) is 3.57. The molecule has 0 radical (unpaired) electrons. The summed E-state index contributed by atoms with van der Waals surface area (Å²) in [7, 11) is 0. The first kappa shape index (κ1) is 20.0. The largest absolute Gasteiger partial charge is 0.462 e. The van der Waals surface area contributed by atoms with Crippen LogP contribution in [0.4, 0.5) is 5.00 Å². The van der Waals surface area contributed by atoms with Crippen molar-refractivity contribution < 1.29 is 18.7 Å². The van der Waals surface area contributed by atoms with Gasteiger partial charge < -0.3 is 14.5 Å². The van der Waals surface area contributed by atoms with E-state index in [1.54, 1.807) is 19.1 Å². The zero-order valence-corrected chi connectivity index (χ0v) is 16.4. The van der Waals surface area contributed by atoms with E-state index in [-0.39, 0.29) is 24.2 Å². The molecular weight excluding hydrogens is 350 g/mol. The Kier molecular flexibility index (Phi) is 7.21. The molecular formula is C20H25NO4S. The van der Waals surface area contributed by atoms with E-state index >= 15 is 0 Å². The number of esters is 1. The first-order valence-corrected chi connectivity index (χ1v) is 9.53. The number of amides is 1. The molecule has 2 heterocycles. The molecule has 5 nitrogen and oxygen atoms in total. The van der Waals surface area contributed by atoms with E-state index in [9.17, 15) is 9.59 Å². The Balaban J connectivity index is 2.21. The Labute approximate surface area is 158 Å². The number of hydrogen-bond donors (Lipinski definition) is 1. The molecule has 1 atom stereocenters. The first-order valence-electron chi connectivity index (χ1n) is 8.71. The second-order valence-electron chi connectivity index (χ2n) is 6.30. The van der Waals surface area contributed by atoms with Crippen LogP contribution < -0.4 is 5.32 Å². The summed E-state index contributed by atoms with van der Waals surface area (Å²) in [5, 5.41) is 3.27. The molecule has 140 valence electrons. The van der Waals surface area contributed by atoms with Crippen molar-refractivity contribution in [1.82, 2.24) is 0 Å². The number of allylic oxidation sites excluding steroid dienone is 2. The number of carbonyl (C=O) groups excluding carboxylic acids is 2. The summed E-state index contributed by atoms with van der Waals surface area (Å²) in [6, 6.07) is 5.05. The fraction of sp³-hybridized carbons (Fsp3) is 0.400. The van der Waals surface area contributed by atoms with Crippen molar-refractivity contribution in [2.24, 2.45) is 0 Å². The highest BCUT2D eigenvalue weighted by atomic mass is 32.1. The Morgan fingerprint density at radius 3 is 2.77 bits per heavy atom. The normalized spacial score (nSPS) is 11.7. The SMILES string of the molecule is CCOC(=O)c1cc([C@@H](C)CCC=C(C)C)sc1NC(=O)c1ccco1. The predicted molar refractivity (Wildman–Crippen MR) is 104 cm³/mol. The highest BCUT2D eigenvalue weighted by Gasteiger charge is 2.22. The molecule has 0 unspecified atom stereocenters. The van der Waals surface area contributed by atoms with Crippen LogP contribution in [0.2, 0.25) is 0 Å². The first-order chi connectivity index (χ1) is 12.4. The maximum atomic E-state index is 12.3. The summed E-state index contributed by atoms with van der Waals surface area (Å²) in [4.78, 5) is 25.6. The van der Waals surface area contributed by atoms with Gasteiger partial charge in [-0.1, -0.05) is 18.6 Å². The number of nitrogens with one attached hydrogen (secondary N) is 1. The molecule has 0 aliphatic rings. The van der Waals surface area contributed by atoms with Crippen LogP contribution >= 0.6 is 11.3 Å². The van der Waals surface area contributed by atoms with Crippen LogP contribution in [0.3, 0.4) is 0 Å². The maximum absolute atomic E-state index is 12.3. The van der Waals surface area contributed by atoms with Gasteiger partial charge in [0.2, 0.25) is 0 Å². The predicted octanol–water partition coefficient (Wildman–Crippen LogP) is 5.62.